The minimum Gasteiger partial charge on any atom is -0.472 e. The van der Waals surface area contributed by atoms with Crippen LogP contribution in [0.4, 0.5) is 0 Å². The van der Waals surface area contributed by atoms with Gasteiger partial charge in [0.25, 0.3) is 5.91 Å². The molecular formula is C19H22N2O4. The zero-order chi connectivity index (χ0) is 17.7. The third kappa shape index (κ3) is 3.91. The van der Waals surface area contributed by atoms with E-state index in [0.717, 1.165) is 19.5 Å². The third-order valence-electron chi connectivity index (χ3n) is 4.53. The van der Waals surface area contributed by atoms with E-state index in [1.807, 2.05) is 18.2 Å². The number of nitrogens with one attached hydrogen (secondary N) is 1. The van der Waals surface area contributed by atoms with E-state index < -0.39 is 11.5 Å². The molecule has 1 aromatic heterocycles. The quantitative estimate of drug-likeness (QED) is 0.844. The van der Waals surface area contributed by atoms with Crippen LogP contribution in [-0.2, 0) is 16.1 Å². The Bertz CT molecular complexity index is 714. The van der Waals surface area contributed by atoms with E-state index in [2.05, 4.69) is 22.3 Å². The van der Waals surface area contributed by atoms with Crippen molar-refractivity contribution in [2.24, 2.45) is 0 Å². The van der Waals surface area contributed by atoms with E-state index in [9.17, 15) is 9.59 Å². The van der Waals surface area contributed by atoms with Gasteiger partial charge in [-0.3, -0.25) is 9.69 Å². The SMILES string of the molecule is COC(=O)[C@]1(NC(=O)c2ccoc2)CCCN(Cc2ccccc2)C1. The van der Waals surface area contributed by atoms with Crippen LogP contribution in [0, 0.1) is 0 Å². The second-order valence-corrected chi connectivity index (χ2v) is 6.34. The Morgan fingerprint density at radius 1 is 1.28 bits per heavy atom. The number of hydrogen-bond donors (Lipinski definition) is 1. The van der Waals surface area contributed by atoms with Crippen LogP contribution >= 0.6 is 0 Å². The Hall–Kier alpha value is -2.60. The predicted molar refractivity (Wildman–Crippen MR) is 91.9 cm³/mol. The Labute approximate surface area is 146 Å². The number of benzene rings is 1. The molecule has 132 valence electrons. The van der Waals surface area contributed by atoms with E-state index in [4.69, 9.17) is 9.15 Å². The molecule has 1 fully saturated rings. The van der Waals surface area contributed by atoms with Gasteiger partial charge in [0, 0.05) is 13.1 Å². The van der Waals surface area contributed by atoms with Gasteiger partial charge in [0.2, 0.25) is 0 Å². The Morgan fingerprint density at radius 2 is 2.08 bits per heavy atom. The molecule has 1 N–H and O–H groups in total. The number of ether oxygens (including phenoxy) is 1. The van der Waals surface area contributed by atoms with Crippen LogP contribution in [0.2, 0.25) is 0 Å². The van der Waals surface area contributed by atoms with E-state index in [1.54, 1.807) is 6.07 Å². The highest BCUT2D eigenvalue weighted by Gasteiger charge is 2.44. The van der Waals surface area contributed by atoms with Gasteiger partial charge in [0.05, 0.1) is 18.9 Å². The average Bonchev–Trinajstić information content (AvgIpc) is 3.17. The molecule has 0 aliphatic carbocycles. The van der Waals surface area contributed by atoms with Crippen LogP contribution in [0.15, 0.2) is 53.3 Å². The van der Waals surface area contributed by atoms with Crippen LogP contribution in [0.25, 0.3) is 0 Å². The predicted octanol–water partition coefficient (Wildman–Crippen LogP) is 2.22. The Morgan fingerprint density at radius 3 is 2.76 bits per heavy atom. The summed E-state index contributed by atoms with van der Waals surface area (Å²) >= 11 is 0. The summed E-state index contributed by atoms with van der Waals surface area (Å²) in [5, 5.41) is 2.89. The smallest absolute Gasteiger partial charge is 0.332 e. The first-order valence-electron chi connectivity index (χ1n) is 8.32. The lowest BCUT2D eigenvalue weighted by atomic mass is 9.88. The van der Waals surface area contributed by atoms with Crippen LogP contribution in [0.1, 0.15) is 28.8 Å². The molecule has 1 aliphatic rings. The number of carbonyl (C=O) groups is 2. The molecule has 2 aromatic rings. The molecule has 1 amide bonds. The summed E-state index contributed by atoms with van der Waals surface area (Å²) < 4.78 is 9.96. The average molecular weight is 342 g/mol. The molecular weight excluding hydrogens is 320 g/mol. The summed E-state index contributed by atoms with van der Waals surface area (Å²) in [6.45, 7) is 2.01. The maximum Gasteiger partial charge on any atom is 0.332 e. The second kappa shape index (κ2) is 7.53. The van der Waals surface area contributed by atoms with E-state index in [0.29, 0.717) is 18.5 Å². The molecule has 0 spiro atoms. The van der Waals surface area contributed by atoms with Gasteiger partial charge in [-0.05, 0) is 31.0 Å². The molecule has 0 radical (unpaired) electrons. The Kier molecular flexibility index (Phi) is 5.19. The van der Waals surface area contributed by atoms with Gasteiger partial charge in [0.1, 0.15) is 6.26 Å². The molecule has 1 aromatic carbocycles. The number of amides is 1. The van der Waals surface area contributed by atoms with Crippen molar-refractivity contribution in [1.29, 1.82) is 0 Å². The minimum atomic E-state index is -1.05. The van der Waals surface area contributed by atoms with Crippen molar-refractivity contribution in [3.63, 3.8) is 0 Å². The highest BCUT2D eigenvalue weighted by molar-refractivity contribution is 5.98. The van der Waals surface area contributed by atoms with Gasteiger partial charge in [-0.1, -0.05) is 30.3 Å². The van der Waals surface area contributed by atoms with Crippen molar-refractivity contribution in [1.82, 2.24) is 10.2 Å². The van der Waals surface area contributed by atoms with Crippen molar-refractivity contribution < 1.29 is 18.7 Å². The van der Waals surface area contributed by atoms with Gasteiger partial charge in [-0.15, -0.1) is 0 Å². The molecule has 2 heterocycles. The van der Waals surface area contributed by atoms with Gasteiger partial charge in [-0.25, -0.2) is 4.79 Å². The number of carbonyl (C=O) groups excluding carboxylic acids is 2. The molecule has 0 unspecified atom stereocenters. The molecule has 0 bridgehead atoms. The van der Waals surface area contributed by atoms with Crippen LogP contribution in [0.5, 0.6) is 0 Å². The molecule has 1 saturated heterocycles. The number of nitrogens with zero attached hydrogens (tertiary/aromatic N) is 1. The fourth-order valence-corrected chi connectivity index (χ4v) is 3.32. The number of likely N-dealkylation sites (tertiary alicyclic amines) is 1. The second-order valence-electron chi connectivity index (χ2n) is 6.34. The summed E-state index contributed by atoms with van der Waals surface area (Å²) in [5.41, 5.74) is 0.517. The first kappa shape index (κ1) is 17.2. The fraction of sp³-hybridized carbons (Fsp3) is 0.368. The van der Waals surface area contributed by atoms with Crippen molar-refractivity contribution in [2.75, 3.05) is 20.2 Å². The fourth-order valence-electron chi connectivity index (χ4n) is 3.32. The van der Waals surface area contributed by atoms with Gasteiger partial charge < -0.3 is 14.5 Å². The number of piperidine rings is 1. The molecule has 25 heavy (non-hydrogen) atoms. The summed E-state index contributed by atoms with van der Waals surface area (Å²) in [4.78, 5) is 27.1. The molecule has 0 saturated carbocycles. The van der Waals surface area contributed by atoms with Crippen molar-refractivity contribution in [3.05, 3.63) is 60.1 Å². The maximum absolute atomic E-state index is 12.5. The lowest BCUT2D eigenvalue weighted by molar-refractivity contribution is -0.150. The summed E-state index contributed by atoms with van der Waals surface area (Å²) in [5.74, 6) is -0.747. The molecule has 1 atom stereocenters. The Balaban J connectivity index is 1.77. The first-order valence-corrected chi connectivity index (χ1v) is 8.32. The topological polar surface area (TPSA) is 71.8 Å². The summed E-state index contributed by atoms with van der Waals surface area (Å²) in [6.07, 6.45) is 4.15. The van der Waals surface area contributed by atoms with Crippen LogP contribution < -0.4 is 5.32 Å². The number of hydrogen-bond acceptors (Lipinski definition) is 5. The number of rotatable bonds is 5. The highest BCUT2D eigenvalue weighted by Crippen LogP contribution is 2.25. The summed E-state index contributed by atoms with van der Waals surface area (Å²) in [7, 11) is 1.35. The number of furan rings is 1. The van der Waals surface area contributed by atoms with Crippen LogP contribution in [0.3, 0.4) is 0 Å². The summed E-state index contributed by atoms with van der Waals surface area (Å²) in [6, 6.07) is 11.6. The zero-order valence-electron chi connectivity index (χ0n) is 14.2. The monoisotopic (exact) mass is 342 g/mol. The van der Waals surface area contributed by atoms with E-state index in [1.165, 1.54) is 25.2 Å². The third-order valence-corrected chi connectivity index (χ3v) is 4.53. The molecule has 6 heteroatoms. The van der Waals surface area contributed by atoms with Gasteiger partial charge >= 0.3 is 5.97 Å². The van der Waals surface area contributed by atoms with Crippen LogP contribution in [-0.4, -0.2) is 42.5 Å². The van der Waals surface area contributed by atoms with Gasteiger partial charge in [-0.2, -0.15) is 0 Å². The zero-order valence-corrected chi connectivity index (χ0v) is 14.2. The largest absolute Gasteiger partial charge is 0.472 e. The lowest BCUT2D eigenvalue weighted by Gasteiger charge is -2.41. The van der Waals surface area contributed by atoms with E-state index in [-0.39, 0.29) is 5.91 Å². The lowest BCUT2D eigenvalue weighted by Crippen LogP contribution is -2.63. The maximum atomic E-state index is 12.5. The van der Waals surface area contributed by atoms with Crippen molar-refractivity contribution in [3.8, 4) is 0 Å². The van der Waals surface area contributed by atoms with E-state index >= 15 is 0 Å². The minimum absolute atomic E-state index is 0.333. The molecule has 6 nitrogen and oxygen atoms in total. The number of esters is 1. The normalized spacial score (nSPS) is 20.8. The van der Waals surface area contributed by atoms with Crippen molar-refractivity contribution in [2.45, 2.75) is 24.9 Å². The van der Waals surface area contributed by atoms with Crippen molar-refractivity contribution >= 4 is 11.9 Å². The highest BCUT2D eigenvalue weighted by atomic mass is 16.5. The number of methoxy groups -OCH3 is 1. The first-order chi connectivity index (χ1) is 12.1. The molecule has 3 rings (SSSR count). The van der Waals surface area contributed by atoms with Gasteiger partial charge in [0.15, 0.2) is 5.54 Å². The standard InChI is InChI=1S/C19H22N2O4/c1-24-18(23)19(20-17(22)16-8-11-25-13-16)9-5-10-21(14-19)12-15-6-3-2-4-7-15/h2-4,6-8,11,13H,5,9-10,12,14H2,1H3,(H,20,22)/t19-/m0/s1. The molecule has 1 aliphatic heterocycles.